The maximum Gasteiger partial charge on any atom is 0.336 e. The van der Waals surface area contributed by atoms with Crippen molar-refractivity contribution in [1.82, 2.24) is 0 Å². The summed E-state index contributed by atoms with van der Waals surface area (Å²) < 4.78 is 54.8. The molecule has 0 saturated carbocycles. The molecule has 0 unspecified atom stereocenters. The molecular weight excluding hydrogens is 217 g/mol. The lowest BCUT2D eigenvalue weighted by atomic mass is 9.99. The van der Waals surface area contributed by atoms with Crippen molar-refractivity contribution in [2.24, 2.45) is 5.64 Å². The smallest absolute Gasteiger partial charge is 0.336 e. The molecule has 0 spiro atoms. The molecule has 0 bridgehead atoms. The Balaban J connectivity index is 3.21. The van der Waals surface area contributed by atoms with E-state index < -0.39 is 42.3 Å². The van der Waals surface area contributed by atoms with Crippen LogP contribution in [0.15, 0.2) is 6.07 Å². The number of benzene rings is 1. The number of hydrogen-bond donors (Lipinski definition) is 1. The fourth-order valence-corrected chi connectivity index (χ4v) is 0.796. The van der Waals surface area contributed by atoms with Crippen LogP contribution in [0.25, 0.3) is 0 Å². The quantitative estimate of drug-likeness (QED) is 0.461. The van der Waals surface area contributed by atoms with Crippen LogP contribution in [0.4, 0.5) is 22.4 Å². The minimum Gasteiger partial charge on any atom is -0.427 e. The van der Waals surface area contributed by atoms with E-state index in [2.05, 4.69) is 4.74 Å². The Morgan fingerprint density at radius 2 is 1.67 bits per heavy atom. The molecule has 0 aromatic heterocycles. The largest absolute Gasteiger partial charge is 0.427 e. The molecule has 0 radical (unpaired) electrons. The van der Waals surface area contributed by atoms with Gasteiger partial charge in [0.25, 0.3) is 5.87 Å². The van der Waals surface area contributed by atoms with E-state index in [-0.39, 0.29) is 6.07 Å². The molecular formula is C7H4BF4NO2. The van der Waals surface area contributed by atoms with Gasteiger partial charge in [-0.15, -0.1) is 0 Å². The Kier molecular flexibility index (Phi) is 3.30. The third kappa shape index (κ3) is 2.27. The van der Waals surface area contributed by atoms with Gasteiger partial charge in [0, 0.05) is 6.07 Å². The number of nitrogens with two attached hydrogens (primary N) is 1. The van der Waals surface area contributed by atoms with Crippen molar-refractivity contribution in [3.63, 3.8) is 0 Å². The highest BCUT2D eigenvalue weighted by molar-refractivity contribution is 6.69. The van der Waals surface area contributed by atoms with Crippen LogP contribution in [0.2, 0.25) is 0 Å². The van der Waals surface area contributed by atoms with Gasteiger partial charge in [-0.1, -0.05) is 0 Å². The molecule has 0 aliphatic rings. The first-order valence-corrected chi connectivity index (χ1v) is 3.71. The van der Waals surface area contributed by atoms with Gasteiger partial charge in [0.05, 0.1) is 0 Å². The molecule has 0 saturated heterocycles. The Bertz CT molecular complexity index is 386. The highest BCUT2D eigenvalue weighted by Crippen LogP contribution is 2.26. The van der Waals surface area contributed by atoms with E-state index in [1.54, 1.807) is 0 Å². The number of ether oxygens (including phenoxy) is 1. The molecule has 1 aromatic rings. The molecule has 0 amide bonds. The predicted octanol–water partition coefficient (Wildman–Crippen LogP) is 1.05. The summed E-state index contributed by atoms with van der Waals surface area (Å²) in [4.78, 5) is 10.6. The number of carbonyl (C=O) groups is 1. The molecule has 80 valence electrons. The summed E-state index contributed by atoms with van der Waals surface area (Å²) >= 11 is 0. The second kappa shape index (κ2) is 4.30. The highest BCUT2D eigenvalue weighted by atomic mass is 19.2. The number of rotatable bonds is 2. The van der Waals surface area contributed by atoms with Crippen molar-refractivity contribution >= 4 is 13.3 Å². The predicted molar refractivity (Wildman–Crippen MR) is 43.6 cm³/mol. The van der Waals surface area contributed by atoms with E-state index in [0.717, 1.165) is 0 Å². The van der Waals surface area contributed by atoms with Gasteiger partial charge in [0.2, 0.25) is 17.4 Å². The first-order chi connectivity index (χ1) is 6.97. The molecule has 0 aliphatic heterocycles. The summed E-state index contributed by atoms with van der Waals surface area (Å²) in [6.45, 7) is 0. The lowest BCUT2D eigenvalue weighted by Gasteiger charge is -2.06. The molecule has 15 heavy (non-hydrogen) atoms. The van der Waals surface area contributed by atoms with E-state index in [0.29, 0.717) is 0 Å². The lowest BCUT2D eigenvalue weighted by molar-refractivity contribution is 0.218. The van der Waals surface area contributed by atoms with Gasteiger partial charge in [0.1, 0.15) is 0 Å². The standard InChI is InChI=1S/C7H4BF4NO2/c9-2-1-3(10)5(12)6(4(2)11)15-7(14)8-13/h1,8H,13H2. The number of carbonyl (C=O) groups excluding carboxylic acids is 1. The average Bonchev–Trinajstić information content (AvgIpc) is 2.21. The minimum absolute atomic E-state index is 0.00441. The molecule has 0 aliphatic carbocycles. The molecule has 2 N–H and O–H groups in total. The van der Waals surface area contributed by atoms with Gasteiger partial charge >= 0.3 is 7.41 Å². The van der Waals surface area contributed by atoms with Gasteiger partial charge in [-0.3, -0.25) is 4.79 Å². The van der Waals surface area contributed by atoms with Crippen molar-refractivity contribution in [1.29, 1.82) is 0 Å². The van der Waals surface area contributed by atoms with Crippen molar-refractivity contribution < 1.29 is 27.1 Å². The van der Waals surface area contributed by atoms with Gasteiger partial charge in [-0.25, -0.2) is 8.78 Å². The van der Waals surface area contributed by atoms with E-state index in [1.165, 1.54) is 0 Å². The van der Waals surface area contributed by atoms with Gasteiger partial charge in [-0.05, 0) is 0 Å². The van der Waals surface area contributed by atoms with Gasteiger partial charge in [-0.2, -0.15) is 8.78 Å². The Morgan fingerprint density at radius 3 is 2.07 bits per heavy atom. The zero-order chi connectivity index (χ0) is 11.6. The lowest BCUT2D eigenvalue weighted by Crippen LogP contribution is -2.23. The summed E-state index contributed by atoms with van der Waals surface area (Å²) in [5.74, 6) is -9.52. The summed E-state index contributed by atoms with van der Waals surface area (Å²) in [5.41, 5.74) is 4.79. The van der Waals surface area contributed by atoms with Crippen LogP contribution in [0.5, 0.6) is 5.75 Å². The van der Waals surface area contributed by atoms with Crippen molar-refractivity contribution in [3.05, 3.63) is 29.3 Å². The maximum atomic E-state index is 12.8. The van der Waals surface area contributed by atoms with E-state index in [1.807, 2.05) is 0 Å². The SMILES string of the molecule is NBC(=O)Oc1c(F)c(F)cc(F)c1F. The van der Waals surface area contributed by atoms with Crippen LogP contribution in [-0.2, 0) is 0 Å². The first-order valence-electron chi connectivity index (χ1n) is 3.71. The van der Waals surface area contributed by atoms with Crippen molar-refractivity contribution in [2.45, 2.75) is 0 Å². The number of halogens is 4. The Labute approximate surface area is 82.1 Å². The normalized spacial score (nSPS) is 9.93. The van der Waals surface area contributed by atoms with Crippen molar-refractivity contribution in [2.75, 3.05) is 0 Å². The monoisotopic (exact) mass is 221 g/mol. The Hall–Kier alpha value is -1.57. The molecule has 0 atom stereocenters. The fourth-order valence-electron chi connectivity index (χ4n) is 0.796. The average molecular weight is 221 g/mol. The molecule has 3 nitrogen and oxygen atoms in total. The number of hydrogen-bond acceptors (Lipinski definition) is 3. The second-order valence-corrected chi connectivity index (χ2v) is 2.48. The summed E-state index contributed by atoms with van der Waals surface area (Å²) in [6.07, 6.45) is 0. The van der Waals surface area contributed by atoms with Crippen LogP contribution in [0.1, 0.15) is 0 Å². The zero-order valence-corrected chi connectivity index (χ0v) is 7.19. The fraction of sp³-hybridized carbons (Fsp3) is 0. The Morgan fingerprint density at radius 1 is 1.20 bits per heavy atom. The first kappa shape index (κ1) is 11.5. The molecule has 0 heterocycles. The van der Waals surface area contributed by atoms with Gasteiger partial charge in [0.15, 0.2) is 11.6 Å². The molecule has 8 heteroatoms. The summed E-state index contributed by atoms with van der Waals surface area (Å²) in [7, 11) is -0.670. The van der Waals surface area contributed by atoms with Crippen LogP contribution in [0.3, 0.4) is 0 Å². The minimum atomic E-state index is -1.78. The van der Waals surface area contributed by atoms with E-state index >= 15 is 0 Å². The molecule has 0 fully saturated rings. The molecule has 1 rings (SSSR count). The van der Waals surface area contributed by atoms with Crippen molar-refractivity contribution in [3.8, 4) is 5.75 Å². The maximum absolute atomic E-state index is 12.8. The zero-order valence-electron chi connectivity index (χ0n) is 7.19. The summed E-state index contributed by atoms with van der Waals surface area (Å²) in [6, 6.07) is 0.00441. The van der Waals surface area contributed by atoms with Gasteiger partial charge < -0.3 is 10.4 Å². The topological polar surface area (TPSA) is 52.3 Å². The second-order valence-electron chi connectivity index (χ2n) is 2.48. The summed E-state index contributed by atoms with van der Waals surface area (Å²) in [5, 5.41) is 0. The van der Waals surface area contributed by atoms with Crippen LogP contribution >= 0.6 is 0 Å². The van der Waals surface area contributed by atoms with Crippen LogP contribution < -0.4 is 10.4 Å². The van der Waals surface area contributed by atoms with E-state index in [4.69, 9.17) is 5.64 Å². The highest BCUT2D eigenvalue weighted by Gasteiger charge is 2.22. The van der Waals surface area contributed by atoms with E-state index in [9.17, 15) is 22.4 Å². The third-order valence-corrected chi connectivity index (χ3v) is 1.45. The molecule has 1 aromatic carbocycles. The van der Waals surface area contributed by atoms with Crippen LogP contribution in [-0.4, -0.2) is 13.3 Å². The third-order valence-electron chi connectivity index (χ3n) is 1.45. The van der Waals surface area contributed by atoms with Crippen LogP contribution in [0, 0.1) is 23.3 Å².